The van der Waals surface area contributed by atoms with Gasteiger partial charge in [-0.3, -0.25) is 0 Å². The molecule has 0 amide bonds. The molecule has 2 aromatic carbocycles. The SMILES string of the molecule is CCc1oc2c(C(O)CN(CC)CC)cccc2c1-c1ccccc1. The van der Waals surface area contributed by atoms with E-state index in [0.717, 1.165) is 52.9 Å². The maximum atomic E-state index is 10.8. The fraction of sp³-hybridized carbons (Fsp3) is 0.364. The van der Waals surface area contributed by atoms with E-state index in [9.17, 15) is 5.11 Å². The van der Waals surface area contributed by atoms with Crippen LogP contribution in [0.3, 0.4) is 0 Å². The van der Waals surface area contributed by atoms with Crippen molar-refractivity contribution in [1.82, 2.24) is 4.90 Å². The molecule has 3 heteroatoms. The summed E-state index contributed by atoms with van der Waals surface area (Å²) in [5.74, 6) is 0.976. The van der Waals surface area contributed by atoms with Crippen LogP contribution in [0.2, 0.25) is 0 Å². The van der Waals surface area contributed by atoms with Gasteiger partial charge in [-0.15, -0.1) is 0 Å². The molecule has 3 nitrogen and oxygen atoms in total. The van der Waals surface area contributed by atoms with Gasteiger partial charge < -0.3 is 14.4 Å². The number of aryl methyl sites for hydroxylation is 1. The summed E-state index contributed by atoms with van der Waals surface area (Å²) in [5.41, 5.74) is 4.00. The van der Waals surface area contributed by atoms with Crippen LogP contribution in [0.15, 0.2) is 52.9 Å². The van der Waals surface area contributed by atoms with Crippen LogP contribution in [-0.4, -0.2) is 29.6 Å². The van der Waals surface area contributed by atoms with E-state index in [2.05, 4.69) is 43.9 Å². The highest BCUT2D eigenvalue weighted by molar-refractivity contribution is 5.97. The molecule has 0 radical (unpaired) electrons. The first kappa shape index (κ1) is 17.7. The predicted octanol–water partition coefficient (Wildman–Crippen LogP) is 5.04. The van der Waals surface area contributed by atoms with Crippen LogP contribution < -0.4 is 0 Å². The number of fused-ring (bicyclic) bond motifs is 1. The molecule has 0 aliphatic carbocycles. The van der Waals surface area contributed by atoms with Crippen LogP contribution in [0.5, 0.6) is 0 Å². The number of para-hydroxylation sites is 1. The van der Waals surface area contributed by atoms with Crippen molar-refractivity contribution in [3.8, 4) is 11.1 Å². The number of hydrogen-bond acceptors (Lipinski definition) is 3. The van der Waals surface area contributed by atoms with Gasteiger partial charge >= 0.3 is 0 Å². The quantitative estimate of drug-likeness (QED) is 0.656. The largest absolute Gasteiger partial charge is 0.460 e. The lowest BCUT2D eigenvalue weighted by Crippen LogP contribution is -2.28. The Morgan fingerprint density at radius 3 is 2.32 bits per heavy atom. The molecule has 1 atom stereocenters. The van der Waals surface area contributed by atoms with Gasteiger partial charge in [0.25, 0.3) is 0 Å². The van der Waals surface area contributed by atoms with Gasteiger partial charge in [0.2, 0.25) is 0 Å². The van der Waals surface area contributed by atoms with Gasteiger partial charge in [-0.05, 0) is 18.7 Å². The topological polar surface area (TPSA) is 36.6 Å². The zero-order valence-electron chi connectivity index (χ0n) is 15.3. The molecule has 0 saturated carbocycles. The highest BCUT2D eigenvalue weighted by atomic mass is 16.3. The standard InChI is InChI=1S/C22H27NO2/c1-4-20-21(16-11-8-7-9-12-16)18-14-10-13-17(22(18)25-20)19(24)15-23(5-2)6-3/h7-14,19,24H,4-6,15H2,1-3H3. The first-order chi connectivity index (χ1) is 12.2. The summed E-state index contributed by atoms with van der Waals surface area (Å²) in [4.78, 5) is 2.23. The Kier molecular flexibility index (Phi) is 5.57. The summed E-state index contributed by atoms with van der Waals surface area (Å²) in [6.45, 7) is 8.82. The van der Waals surface area contributed by atoms with Crippen molar-refractivity contribution in [2.45, 2.75) is 33.3 Å². The zero-order chi connectivity index (χ0) is 17.8. The highest BCUT2D eigenvalue weighted by Crippen LogP contribution is 2.38. The molecular formula is C22H27NO2. The maximum Gasteiger partial charge on any atom is 0.140 e. The number of rotatable bonds is 7. The average molecular weight is 337 g/mol. The van der Waals surface area contributed by atoms with Crippen molar-refractivity contribution >= 4 is 11.0 Å². The third-order valence-corrected chi connectivity index (χ3v) is 4.89. The average Bonchev–Trinajstić information content (AvgIpc) is 3.05. The molecule has 1 aromatic heterocycles. The first-order valence-electron chi connectivity index (χ1n) is 9.19. The molecule has 0 fully saturated rings. The van der Waals surface area contributed by atoms with E-state index in [1.54, 1.807) is 0 Å². The number of likely N-dealkylation sites (N-methyl/N-ethyl adjacent to an activating group) is 1. The predicted molar refractivity (Wildman–Crippen MR) is 104 cm³/mol. The summed E-state index contributed by atoms with van der Waals surface area (Å²) in [5, 5.41) is 11.9. The van der Waals surface area contributed by atoms with Crippen molar-refractivity contribution in [3.63, 3.8) is 0 Å². The second-order valence-electron chi connectivity index (χ2n) is 6.35. The van der Waals surface area contributed by atoms with Crippen molar-refractivity contribution in [1.29, 1.82) is 0 Å². The number of hydrogen-bond donors (Lipinski definition) is 1. The lowest BCUT2D eigenvalue weighted by atomic mass is 9.98. The Hall–Kier alpha value is -2.10. The second-order valence-corrected chi connectivity index (χ2v) is 6.35. The van der Waals surface area contributed by atoms with E-state index in [1.807, 2.05) is 30.3 Å². The van der Waals surface area contributed by atoms with E-state index >= 15 is 0 Å². The summed E-state index contributed by atoms with van der Waals surface area (Å²) in [6, 6.07) is 16.4. The zero-order valence-corrected chi connectivity index (χ0v) is 15.3. The fourth-order valence-electron chi connectivity index (χ4n) is 3.45. The monoisotopic (exact) mass is 337 g/mol. The highest BCUT2D eigenvalue weighted by Gasteiger charge is 2.21. The third kappa shape index (κ3) is 3.48. The van der Waals surface area contributed by atoms with E-state index in [1.165, 1.54) is 0 Å². The Labute approximate surface area is 149 Å². The van der Waals surface area contributed by atoms with Gasteiger partial charge in [0.05, 0.1) is 6.10 Å². The minimum Gasteiger partial charge on any atom is -0.460 e. The van der Waals surface area contributed by atoms with Gasteiger partial charge in [0.15, 0.2) is 0 Å². The van der Waals surface area contributed by atoms with Crippen molar-refractivity contribution in [2.75, 3.05) is 19.6 Å². The molecule has 132 valence electrons. The van der Waals surface area contributed by atoms with Gasteiger partial charge in [-0.1, -0.05) is 69.3 Å². The molecule has 3 aromatic rings. The summed E-state index contributed by atoms with van der Waals surface area (Å²) < 4.78 is 6.23. The molecule has 0 saturated heterocycles. The van der Waals surface area contributed by atoms with Crippen molar-refractivity contribution in [3.05, 3.63) is 59.9 Å². The van der Waals surface area contributed by atoms with Gasteiger partial charge in [-0.25, -0.2) is 0 Å². The van der Waals surface area contributed by atoms with Crippen molar-refractivity contribution < 1.29 is 9.52 Å². The number of nitrogens with zero attached hydrogens (tertiary/aromatic N) is 1. The number of furan rings is 1. The lowest BCUT2D eigenvalue weighted by molar-refractivity contribution is 0.119. The summed E-state index contributed by atoms with van der Waals surface area (Å²) in [7, 11) is 0. The van der Waals surface area contributed by atoms with E-state index in [4.69, 9.17) is 4.42 Å². The Bertz CT molecular complexity index is 819. The minimum absolute atomic E-state index is 0.553. The van der Waals surface area contributed by atoms with Crippen LogP contribution in [0.4, 0.5) is 0 Å². The van der Waals surface area contributed by atoms with Crippen LogP contribution in [-0.2, 0) is 6.42 Å². The third-order valence-electron chi connectivity index (χ3n) is 4.89. The molecule has 1 N–H and O–H groups in total. The van der Waals surface area contributed by atoms with Crippen LogP contribution in [0.25, 0.3) is 22.1 Å². The Balaban J connectivity index is 2.10. The molecule has 0 aliphatic heterocycles. The van der Waals surface area contributed by atoms with E-state index < -0.39 is 6.10 Å². The fourth-order valence-corrected chi connectivity index (χ4v) is 3.45. The molecule has 0 aliphatic rings. The molecule has 1 unspecified atom stereocenters. The molecular weight excluding hydrogens is 310 g/mol. The van der Waals surface area contributed by atoms with Crippen LogP contribution in [0, 0.1) is 0 Å². The summed E-state index contributed by atoms with van der Waals surface area (Å²) in [6.07, 6.45) is 0.271. The smallest absolute Gasteiger partial charge is 0.140 e. The molecule has 0 spiro atoms. The Morgan fingerprint density at radius 1 is 0.960 bits per heavy atom. The first-order valence-corrected chi connectivity index (χ1v) is 9.19. The second kappa shape index (κ2) is 7.85. The minimum atomic E-state index is -0.553. The van der Waals surface area contributed by atoms with Gasteiger partial charge in [0, 0.05) is 29.5 Å². The van der Waals surface area contributed by atoms with E-state index in [-0.39, 0.29) is 0 Å². The van der Waals surface area contributed by atoms with Gasteiger partial charge in [-0.2, -0.15) is 0 Å². The van der Waals surface area contributed by atoms with Crippen LogP contribution >= 0.6 is 0 Å². The molecule has 0 bridgehead atoms. The normalized spacial score (nSPS) is 12.8. The lowest BCUT2D eigenvalue weighted by Gasteiger charge is -2.22. The van der Waals surface area contributed by atoms with Gasteiger partial charge in [0.1, 0.15) is 11.3 Å². The molecule has 25 heavy (non-hydrogen) atoms. The number of benzene rings is 2. The van der Waals surface area contributed by atoms with E-state index in [0.29, 0.717) is 6.54 Å². The number of aliphatic hydroxyl groups excluding tert-OH is 1. The maximum absolute atomic E-state index is 10.8. The summed E-state index contributed by atoms with van der Waals surface area (Å²) >= 11 is 0. The molecule has 1 heterocycles. The Morgan fingerprint density at radius 2 is 1.68 bits per heavy atom. The van der Waals surface area contributed by atoms with Crippen molar-refractivity contribution in [2.24, 2.45) is 0 Å². The number of aliphatic hydroxyl groups is 1. The van der Waals surface area contributed by atoms with Crippen LogP contribution in [0.1, 0.15) is 38.2 Å². The molecule has 3 rings (SSSR count).